The minimum atomic E-state index is -0.991. The Labute approximate surface area is 496 Å². The van der Waals surface area contributed by atoms with Crippen LogP contribution >= 0.6 is 0 Å². The van der Waals surface area contributed by atoms with E-state index in [1.54, 1.807) is 73.7 Å². The molecular formula is C63H93N9O12. The number of hydrogen-bond acceptors (Lipinski definition) is 12. The molecule has 2 bridgehead atoms. The van der Waals surface area contributed by atoms with Crippen molar-refractivity contribution in [1.82, 2.24) is 40.9 Å². The highest BCUT2D eigenvalue weighted by Gasteiger charge is 2.53. The zero-order chi connectivity index (χ0) is 61.4. The van der Waals surface area contributed by atoms with Gasteiger partial charge in [-0.2, -0.15) is 0 Å². The second-order valence-corrected chi connectivity index (χ2v) is 24.5. The molecule has 3 fully saturated rings. The molecule has 1 saturated carbocycles. The molecule has 10 amide bonds. The van der Waals surface area contributed by atoms with Crippen molar-refractivity contribution in [2.24, 2.45) is 23.7 Å². The van der Waals surface area contributed by atoms with Gasteiger partial charge in [-0.1, -0.05) is 96.3 Å². The molecule has 6 rings (SSSR count). The van der Waals surface area contributed by atoms with Crippen molar-refractivity contribution in [3.63, 3.8) is 0 Å². The SMILES string of the molecule is CC[C@H](C)[C@@H]([C@@H](CC(=O)N1CCC[C@H]1[C@H](OC)[C@@H](C)C(=O)N[C@@H](Cc1ccccc1)C(=O)Nc1ccc(CNC(=O)NCCCCCCN2C(=O)C=CC2=O)cc1)OC)N(C)C(=O)[C@@H](NC(=O)C1C2CCC(C2)N1C(=O)OC(C)(C)C)C(C)C. The third kappa shape index (κ3) is 17.6. The minimum absolute atomic E-state index is 0.0429. The van der Waals surface area contributed by atoms with Gasteiger partial charge in [0.1, 0.15) is 23.7 Å². The molecular weight excluding hydrogens is 1070 g/mol. The first-order valence-electron chi connectivity index (χ1n) is 30.2. The maximum atomic E-state index is 14.7. The molecule has 3 unspecified atom stereocenters. The number of hydrogen-bond donors (Lipinski definition) is 5. The summed E-state index contributed by atoms with van der Waals surface area (Å²) in [6.07, 6.45) is 7.92. The molecule has 0 aromatic heterocycles. The van der Waals surface area contributed by atoms with Gasteiger partial charge in [0.2, 0.25) is 29.5 Å². The van der Waals surface area contributed by atoms with E-state index in [1.165, 1.54) is 31.3 Å². The number of piperidine rings is 1. The fourth-order valence-electron chi connectivity index (χ4n) is 12.3. The van der Waals surface area contributed by atoms with Crippen LogP contribution in [0.4, 0.5) is 15.3 Å². The fourth-order valence-corrected chi connectivity index (χ4v) is 12.3. The Balaban J connectivity index is 1.04. The van der Waals surface area contributed by atoms with Gasteiger partial charge in [0, 0.05) is 77.7 Å². The van der Waals surface area contributed by atoms with Crippen LogP contribution in [0.5, 0.6) is 0 Å². The molecule has 11 atom stereocenters. The van der Waals surface area contributed by atoms with Crippen molar-refractivity contribution in [3.8, 4) is 0 Å². The summed E-state index contributed by atoms with van der Waals surface area (Å²) >= 11 is 0. The number of likely N-dealkylation sites (tertiary alicyclic amines) is 2. The number of imide groups is 1. The Bertz CT molecular complexity index is 2610. The highest BCUT2D eigenvalue weighted by molar-refractivity contribution is 6.12. The van der Waals surface area contributed by atoms with Crippen molar-refractivity contribution in [1.29, 1.82) is 0 Å². The number of methoxy groups -OCH3 is 2. The van der Waals surface area contributed by atoms with E-state index >= 15 is 0 Å². The number of carbonyl (C=O) groups is 9. The monoisotopic (exact) mass is 1170 g/mol. The molecule has 2 aromatic carbocycles. The van der Waals surface area contributed by atoms with Crippen LogP contribution in [0.1, 0.15) is 137 Å². The number of amides is 10. The summed E-state index contributed by atoms with van der Waals surface area (Å²) in [5, 5.41) is 14.7. The molecule has 21 heteroatoms. The van der Waals surface area contributed by atoms with E-state index in [-0.39, 0.29) is 78.7 Å². The number of fused-ring (bicyclic) bond motifs is 2. The maximum Gasteiger partial charge on any atom is 0.411 e. The zero-order valence-electron chi connectivity index (χ0n) is 51.3. The summed E-state index contributed by atoms with van der Waals surface area (Å²) in [5.41, 5.74) is 1.37. The number of unbranched alkanes of at least 4 members (excludes halogenated alkanes) is 3. The number of nitrogens with one attached hydrogen (secondary N) is 5. The van der Waals surface area contributed by atoms with Crippen molar-refractivity contribution in [2.75, 3.05) is 46.2 Å². The van der Waals surface area contributed by atoms with Gasteiger partial charge in [0.25, 0.3) is 11.8 Å². The maximum absolute atomic E-state index is 14.7. The number of benzene rings is 2. The lowest BCUT2D eigenvalue weighted by Gasteiger charge is -2.41. The van der Waals surface area contributed by atoms with Crippen LogP contribution in [0.15, 0.2) is 66.7 Å². The molecule has 0 radical (unpaired) electrons. The molecule has 2 aromatic rings. The summed E-state index contributed by atoms with van der Waals surface area (Å²) in [6, 6.07) is 12.2. The van der Waals surface area contributed by atoms with Crippen LogP contribution in [0.2, 0.25) is 0 Å². The zero-order valence-corrected chi connectivity index (χ0v) is 51.3. The second-order valence-electron chi connectivity index (χ2n) is 24.5. The number of likely N-dealkylation sites (N-methyl/N-ethyl adjacent to an activating group) is 1. The van der Waals surface area contributed by atoms with Gasteiger partial charge in [0.15, 0.2) is 0 Å². The van der Waals surface area contributed by atoms with Gasteiger partial charge in [-0.05, 0) is 107 Å². The first-order valence-corrected chi connectivity index (χ1v) is 30.2. The standard InChI is InChI=1S/C63H93N9O12/c1-12-40(4)54(69(9)60(79)53(39(2)3)68-59(78)55-44-26-29-46(36-44)72(55)62(81)84-63(6,7)8)49(82-10)37-52(75)70-34-20-23-48(70)56(83-11)41(5)57(76)67-47(35-42-21-16-15-17-22-42)58(77)66-45-27-24-43(25-28-45)38-65-61(80)64-32-18-13-14-19-33-71-50(73)30-31-51(71)74/h15-17,21-22,24-25,27-28,30-31,39-41,44,46-49,53-56H,12-14,18-20,23,26,29,32-38H2,1-11H3,(H,66,77)(H,67,76)(H,68,78)(H2,64,65,80)/t40-,41+,44?,46?,47-,48-,49+,53-,54-,55?,56+/m0/s1. The number of anilines is 1. The molecule has 21 nitrogen and oxygen atoms in total. The Morgan fingerprint density at radius 2 is 1.46 bits per heavy atom. The van der Waals surface area contributed by atoms with Crippen molar-refractivity contribution < 1.29 is 57.4 Å². The summed E-state index contributed by atoms with van der Waals surface area (Å²) in [7, 11) is 4.73. The largest absolute Gasteiger partial charge is 0.444 e. The lowest BCUT2D eigenvalue weighted by Crippen LogP contribution is -2.61. The summed E-state index contributed by atoms with van der Waals surface area (Å²) < 4.78 is 18.0. The number of ether oxygens (including phenoxy) is 3. The molecule has 0 spiro atoms. The minimum Gasteiger partial charge on any atom is -0.444 e. The number of urea groups is 1. The summed E-state index contributed by atoms with van der Waals surface area (Å²) in [5.74, 6) is -3.68. The van der Waals surface area contributed by atoms with Crippen molar-refractivity contribution >= 4 is 59.2 Å². The number of carbonyl (C=O) groups excluding carboxylic acids is 9. The van der Waals surface area contributed by atoms with E-state index in [0.717, 1.165) is 43.2 Å². The summed E-state index contributed by atoms with van der Waals surface area (Å²) in [6.45, 7) is 16.4. The van der Waals surface area contributed by atoms with Crippen molar-refractivity contribution in [3.05, 3.63) is 77.9 Å². The fraction of sp³-hybridized carbons (Fsp3) is 0.635. The molecule has 462 valence electrons. The van der Waals surface area contributed by atoms with Crippen LogP contribution in [-0.4, -0.2) is 168 Å². The van der Waals surface area contributed by atoms with Gasteiger partial charge in [-0.15, -0.1) is 0 Å². The van der Waals surface area contributed by atoms with Crippen LogP contribution in [0, 0.1) is 23.7 Å². The second kappa shape index (κ2) is 30.8. The quantitative estimate of drug-likeness (QED) is 0.0433. The summed E-state index contributed by atoms with van der Waals surface area (Å²) in [4.78, 5) is 128. The Hall–Kier alpha value is -6.87. The van der Waals surface area contributed by atoms with E-state index in [2.05, 4.69) is 26.6 Å². The van der Waals surface area contributed by atoms with E-state index in [9.17, 15) is 43.2 Å². The third-order valence-corrected chi connectivity index (χ3v) is 17.0. The molecule has 5 N–H and O–H groups in total. The predicted molar refractivity (Wildman–Crippen MR) is 318 cm³/mol. The first-order chi connectivity index (χ1) is 40.0. The normalized spacial score (nSPS) is 20.9. The molecule has 3 aliphatic heterocycles. The van der Waals surface area contributed by atoms with Crippen LogP contribution in [0.3, 0.4) is 0 Å². The van der Waals surface area contributed by atoms with Crippen LogP contribution in [0.25, 0.3) is 0 Å². The third-order valence-electron chi connectivity index (χ3n) is 17.0. The molecule has 84 heavy (non-hydrogen) atoms. The highest BCUT2D eigenvalue weighted by atomic mass is 16.6. The average Bonchev–Trinajstić information content (AvgIpc) is 2.32. The van der Waals surface area contributed by atoms with Gasteiger partial charge in [-0.3, -0.25) is 43.4 Å². The van der Waals surface area contributed by atoms with Gasteiger partial charge in [0.05, 0.1) is 36.6 Å². The highest BCUT2D eigenvalue weighted by Crippen LogP contribution is 2.43. The van der Waals surface area contributed by atoms with Crippen LogP contribution < -0.4 is 26.6 Å². The smallest absolute Gasteiger partial charge is 0.411 e. The Morgan fingerprint density at radius 3 is 2.10 bits per heavy atom. The average molecular weight is 1170 g/mol. The van der Waals surface area contributed by atoms with Gasteiger partial charge < -0.3 is 50.6 Å². The molecule has 3 heterocycles. The van der Waals surface area contributed by atoms with Crippen LogP contribution in [-0.2, 0) is 60.7 Å². The number of nitrogens with zero attached hydrogens (tertiary/aromatic N) is 4. The topological polar surface area (TPSA) is 254 Å². The Kier molecular flexibility index (Phi) is 24.3. The Morgan fingerprint density at radius 1 is 0.786 bits per heavy atom. The predicted octanol–water partition coefficient (Wildman–Crippen LogP) is 6.49. The van der Waals surface area contributed by atoms with E-state index in [1.807, 2.05) is 58.0 Å². The first kappa shape index (κ1) is 66.3. The lowest BCUT2D eigenvalue weighted by atomic mass is 9.89. The van der Waals surface area contributed by atoms with Gasteiger partial charge >= 0.3 is 12.1 Å². The molecule has 2 saturated heterocycles. The molecule has 4 aliphatic rings. The van der Waals surface area contributed by atoms with Gasteiger partial charge in [-0.25, -0.2) is 9.59 Å². The van der Waals surface area contributed by atoms with Crippen molar-refractivity contribution in [2.45, 2.75) is 193 Å². The number of rotatable bonds is 29. The van der Waals surface area contributed by atoms with E-state index in [0.29, 0.717) is 57.4 Å². The van der Waals surface area contributed by atoms with E-state index < -0.39 is 71.8 Å². The lowest BCUT2D eigenvalue weighted by molar-refractivity contribution is -0.148. The molecule has 1 aliphatic carbocycles. The van der Waals surface area contributed by atoms with E-state index in [4.69, 9.17) is 14.2 Å².